The van der Waals surface area contributed by atoms with Crippen molar-refractivity contribution in [3.63, 3.8) is 0 Å². The molecule has 0 bridgehead atoms. The minimum Gasteiger partial charge on any atom is -0.456 e. The van der Waals surface area contributed by atoms with Gasteiger partial charge in [-0.25, -0.2) is 19.9 Å². The molecule has 0 radical (unpaired) electrons. The number of nitrogens with zero attached hydrogens (tertiary/aromatic N) is 5. The van der Waals surface area contributed by atoms with Crippen LogP contribution in [-0.4, -0.2) is 24.5 Å². The van der Waals surface area contributed by atoms with Gasteiger partial charge in [-0.2, -0.15) is 0 Å². The number of benzene rings is 8. The van der Waals surface area contributed by atoms with Crippen LogP contribution in [0.1, 0.15) is 0 Å². The van der Waals surface area contributed by atoms with Crippen molar-refractivity contribution in [3.05, 3.63) is 176 Å². The first-order valence-electron chi connectivity index (χ1n) is 19.6. The van der Waals surface area contributed by atoms with Gasteiger partial charge in [0, 0.05) is 55.0 Å². The molecule has 0 aliphatic carbocycles. The molecule has 7 heteroatoms. The van der Waals surface area contributed by atoms with Crippen molar-refractivity contribution in [2.45, 2.75) is 0 Å². The molecule has 0 spiro atoms. The van der Waals surface area contributed by atoms with E-state index in [1.807, 2.05) is 54.6 Å². The largest absolute Gasteiger partial charge is 0.456 e. The predicted octanol–water partition coefficient (Wildman–Crippen LogP) is 13.5. The third-order valence-electron chi connectivity index (χ3n) is 11.7. The summed E-state index contributed by atoms with van der Waals surface area (Å²) in [6.07, 6.45) is 1.75. The van der Waals surface area contributed by atoms with Crippen LogP contribution in [0.3, 0.4) is 0 Å². The van der Waals surface area contributed by atoms with Gasteiger partial charge in [0.2, 0.25) is 5.71 Å². The summed E-state index contributed by atoms with van der Waals surface area (Å²) in [5, 5.41) is 10.8. The normalized spacial score (nSPS) is 12.1. The summed E-state index contributed by atoms with van der Waals surface area (Å²) >= 11 is 0. The van der Waals surface area contributed by atoms with E-state index >= 15 is 0 Å². The lowest BCUT2D eigenvalue weighted by molar-refractivity contribution is 0.654. The molecular formula is C52H29N5O2. The van der Waals surface area contributed by atoms with Crippen LogP contribution in [0.4, 0.5) is 0 Å². The van der Waals surface area contributed by atoms with Gasteiger partial charge in [0.1, 0.15) is 16.7 Å². The van der Waals surface area contributed by atoms with E-state index in [1.165, 1.54) is 21.5 Å². The lowest BCUT2D eigenvalue weighted by atomic mass is 10.0. The van der Waals surface area contributed by atoms with Crippen LogP contribution in [-0.2, 0) is 0 Å². The van der Waals surface area contributed by atoms with E-state index in [1.54, 1.807) is 6.20 Å². The molecule has 0 saturated heterocycles. The second-order valence-corrected chi connectivity index (χ2v) is 15.0. The second kappa shape index (κ2) is 12.2. The number of aromatic nitrogens is 5. The number of rotatable bonds is 4. The summed E-state index contributed by atoms with van der Waals surface area (Å²) in [5.74, 6) is 1.57. The number of furan rings is 2. The minimum absolute atomic E-state index is 0.498. The summed E-state index contributed by atoms with van der Waals surface area (Å²) in [4.78, 5) is 20.4. The fourth-order valence-electron chi connectivity index (χ4n) is 9.04. The van der Waals surface area contributed by atoms with Gasteiger partial charge in [-0.1, -0.05) is 109 Å². The summed E-state index contributed by atoms with van der Waals surface area (Å²) in [5.41, 5.74) is 8.58. The molecule has 8 aromatic carbocycles. The molecule has 13 aromatic rings. The summed E-state index contributed by atoms with van der Waals surface area (Å²) in [6, 6.07) is 59.0. The van der Waals surface area contributed by atoms with Gasteiger partial charge < -0.3 is 13.4 Å². The van der Waals surface area contributed by atoms with Gasteiger partial charge in [0.25, 0.3) is 0 Å². The number of hydrogen-bond donors (Lipinski definition) is 0. The Bertz CT molecular complexity index is 3870. The number of para-hydroxylation sites is 3. The highest BCUT2D eigenvalue weighted by atomic mass is 16.3. The van der Waals surface area contributed by atoms with Crippen LogP contribution in [0, 0.1) is 0 Å². The Morgan fingerprint density at radius 1 is 0.407 bits per heavy atom. The zero-order valence-electron chi connectivity index (χ0n) is 31.3. The Balaban J connectivity index is 1.12. The first-order valence-corrected chi connectivity index (χ1v) is 19.6. The molecule has 5 heterocycles. The molecule has 0 aliphatic heterocycles. The molecule has 0 atom stereocenters. The van der Waals surface area contributed by atoms with E-state index in [0.29, 0.717) is 28.8 Å². The average molecular weight is 756 g/mol. The molecule has 13 rings (SSSR count). The van der Waals surface area contributed by atoms with E-state index in [2.05, 4.69) is 125 Å². The second-order valence-electron chi connectivity index (χ2n) is 15.0. The fraction of sp³-hybridized carbons (Fsp3) is 0. The van der Waals surface area contributed by atoms with Crippen LogP contribution in [0.2, 0.25) is 0 Å². The summed E-state index contributed by atoms with van der Waals surface area (Å²) < 4.78 is 15.2. The summed E-state index contributed by atoms with van der Waals surface area (Å²) in [6.45, 7) is 0. The van der Waals surface area contributed by atoms with E-state index < -0.39 is 0 Å². The molecule has 0 unspecified atom stereocenters. The molecule has 0 saturated carbocycles. The maximum atomic E-state index is 6.45. The van der Waals surface area contributed by atoms with Gasteiger partial charge >= 0.3 is 0 Å². The van der Waals surface area contributed by atoms with E-state index in [9.17, 15) is 0 Å². The quantitative estimate of drug-likeness (QED) is 0.178. The Kier molecular flexibility index (Phi) is 6.60. The van der Waals surface area contributed by atoms with Crippen molar-refractivity contribution < 1.29 is 8.83 Å². The van der Waals surface area contributed by atoms with Gasteiger partial charge in [0.05, 0.1) is 22.3 Å². The number of hydrogen-bond acceptors (Lipinski definition) is 6. The van der Waals surface area contributed by atoms with Gasteiger partial charge in [-0.3, -0.25) is 0 Å². The van der Waals surface area contributed by atoms with Crippen molar-refractivity contribution in [1.82, 2.24) is 24.5 Å². The predicted molar refractivity (Wildman–Crippen MR) is 238 cm³/mol. The van der Waals surface area contributed by atoms with E-state index in [4.69, 9.17) is 23.8 Å². The van der Waals surface area contributed by atoms with E-state index in [0.717, 1.165) is 76.9 Å². The van der Waals surface area contributed by atoms with Crippen LogP contribution in [0.5, 0.6) is 0 Å². The van der Waals surface area contributed by atoms with Gasteiger partial charge in [-0.15, -0.1) is 0 Å². The minimum atomic E-state index is 0.498. The summed E-state index contributed by atoms with van der Waals surface area (Å²) in [7, 11) is 0. The lowest BCUT2D eigenvalue weighted by Gasteiger charge is -2.15. The van der Waals surface area contributed by atoms with Crippen LogP contribution in [0.15, 0.2) is 185 Å². The highest BCUT2D eigenvalue weighted by Gasteiger charge is 2.22. The first kappa shape index (κ1) is 32.0. The Morgan fingerprint density at radius 3 is 1.97 bits per heavy atom. The van der Waals surface area contributed by atoms with Crippen molar-refractivity contribution in [2.24, 2.45) is 0 Å². The van der Waals surface area contributed by atoms with Crippen LogP contribution >= 0.6 is 0 Å². The molecule has 0 N–H and O–H groups in total. The highest BCUT2D eigenvalue weighted by molar-refractivity contribution is 6.15. The zero-order valence-corrected chi connectivity index (χ0v) is 31.3. The van der Waals surface area contributed by atoms with Crippen molar-refractivity contribution in [1.29, 1.82) is 0 Å². The topological polar surface area (TPSA) is 82.8 Å². The maximum absolute atomic E-state index is 6.45. The molecule has 0 fully saturated rings. The standard InChI is InChI=1S/C52H29N5O2/c1-2-13-31-28-44-41(27-30(31)12-1)35-16-5-7-22-42(35)57(44)43-29-33(26-32-14-3-4-15-34(32)43)49-54-50(39-19-10-24-46-47(39)38-17-6-8-23-45(38)58-46)56-51(55-49)40-20-9-18-36-37-21-11-25-53-52(37)59-48(36)40/h1-29H. The van der Waals surface area contributed by atoms with Crippen molar-refractivity contribution in [2.75, 3.05) is 0 Å². The SMILES string of the molecule is c1ccc2cc3c(cc2c1)c1ccccc1n3-c1cc(-c2nc(-c3cccc4c3oc3ncccc34)nc(-c3cccc4oc5ccccc5c34)n2)cc2ccccc12. The number of pyridine rings is 1. The van der Waals surface area contributed by atoms with Gasteiger partial charge in [-0.05, 0) is 76.8 Å². The Labute approximate surface area is 335 Å². The van der Waals surface area contributed by atoms with Gasteiger partial charge in [0.15, 0.2) is 17.5 Å². The Hall–Kier alpha value is -8.16. The molecule has 0 amide bonds. The molecular weight excluding hydrogens is 727 g/mol. The molecule has 7 nitrogen and oxygen atoms in total. The first-order chi connectivity index (χ1) is 29.2. The smallest absolute Gasteiger partial charge is 0.227 e. The molecule has 5 aromatic heterocycles. The van der Waals surface area contributed by atoms with Crippen LogP contribution in [0.25, 0.3) is 127 Å². The van der Waals surface area contributed by atoms with E-state index in [-0.39, 0.29) is 0 Å². The third-order valence-corrected chi connectivity index (χ3v) is 11.7. The highest BCUT2D eigenvalue weighted by Crippen LogP contribution is 2.41. The monoisotopic (exact) mass is 755 g/mol. The number of fused-ring (bicyclic) bond motifs is 11. The Morgan fingerprint density at radius 2 is 1.07 bits per heavy atom. The van der Waals surface area contributed by atoms with Crippen molar-refractivity contribution in [3.8, 4) is 39.9 Å². The van der Waals surface area contributed by atoms with Crippen LogP contribution < -0.4 is 0 Å². The third kappa shape index (κ3) is 4.76. The van der Waals surface area contributed by atoms with Crippen molar-refractivity contribution >= 4 is 87.4 Å². The molecule has 274 valence electrons. The lowest BCUT2D eigenvalue weighted by Crippen LogP contribution is -2.02. The fourth-order valence-corrected chi connectivity index (χ4v) is 9.04. The zero-order chi connectivity index (χ0) is 38.6. The maximum Gasteiger partial charge on any atom is 0.227 e. The molecule has 59 heavy (non-hydrogen) atoms. The molecule has 0 aliphatic rings. The average Bonchev–Trinajstić information content (AvgIpc) is 3.97.